The summed E-state index contributed by atoms with van der Waals surface area (Å²) in [6.07, 6.45) is 0.415. The Morgan fingerprint density at radius 1 is 1.17 bits per heavy atom. The molecule has 18 heavy (non-hydrogen) atoms. The molecular weight excluding hydrogens is 234 g/mol. The Hall–Kier alpha value is -2.08. The Balaban J connectivity index is 2.70. The van der Waals surface area contributed by atoms with Crippen molar-refractivity contribution in [2.24, 2.45) is 0 Å². The minimum absolute atomic E-state index is 0.000101. The van der Waals surface area contributed by atoms with Crippen LogP contribution in [0.4, 0.5) is 5.95 Å². The number of hydrogen-bond donors (Lipinski definition) is 2. The number of rotatable bonds is 4. The summed E-state index contributed by atoms with van der Waals surface area (Å²) in [4.78, 5) is 8.28. The van der Waals surface area contributed by atoms with Gasteiger partial charge in [-0.25, -0.2) is 9.97 Å². The van der Waals surface area contributed by atoms with Crippen molar-refractivity contribution in [3.8, 4) is 11.5 Å². The number of benzene rings is 1. The highest BCUT2D eigenvalue weighted by Crippen LogP contribution is 2.32. The van der Waals surface area contributed by atoms with E-state index in [0.717, 1.165) is 5.39 Å². The Labute approximate surface area is 104 Å². The van der Waals surface area contributed by atoms with Crippen LogP contribution in [-0.4, -0.2) is 35.9 Å². The number of anilines is 1. The lowest BCUT2D eigenvalue weighted by atomic mass is 10.1. The highest BCUT2D eigenvalue weighted by atomic mass is 16.5. The first-order valence-electron chi connectivity index (χ1n) is 5.48. The summed E-state index contributed by atoms with van der Waals surface area (Å²) >= 11 is 0. The number of nitrogen functional groups attached to an aromatic ring is 1. The molecule has 96 valence electrons. The zero-order valence-corrected chi connectivity index (χ0v) is 10.3. The molecule has 0 amide bonds. The Kier molecular flexibility index (Phi) is 3.47. The third-order valence-electron chi connectivity index (χ3n) is 2.65. The maximum absolute atomic E-state index is 9.04. The van der Waals surface area contributed by atoms with Gasteiger partial charge in [0.25, 0.3) is 0 Å². The minimum atomic E-state index is -0.000101. The molecule has 2 aromatic rings. The summed E-state index contributed by atoms with van der Waals surface area (Å²) < 4.78 is 10.4. The van der Waals surface area contributed by atoms with Crippen LogP contribution in [0.1, 0.15) is 5.69 Å². The van der Waals surface area contributed by atoms with Gasteiger partial charge in [-0.05, 0) is 6.07 Å². The van der Waals surface area contributed by atoms with Crippen molar-refractivity contribution < 1.29 is 14.6 Å². The highest BCUT2D eigenvalue weighted by Gasteiger charge is 2.11. The number of aromatic nitrogens is 2. The molecule has 1 aromatic carbocycles. The van der Waals surface area contributed by atoms with Crippen LogP contribution >= 0.6 is 0 Å². The largest absolute Gasteiger partial charge is 0.493 e. The Morgan fingerprint density at radius 3 is 2.44 bits per heavy atom. The van der Waals surface area contributed by atoms with Gasteiger partial charge in [0.15, 0.2) is 11.5 Å². The molecule has 6 nitrogen and oxygen atoms in total. The molecule has 0 atom stereocenters. The Morgan fingerprint density at radius 2 is 1.83 bits per heavy atom. The molecule has 0 bridgehead atoms. The molecule has 0 aliphatic carbocycles. The number of methoxy groups -OCH3 is 2. The van der Waals surface area contributed by atoms with Gasteiger partial charge in [-0.15, -0.1) is 0 Å². The van der Waals surface area contributed by atoms with E-state index in [0.29, 0.717) is 29.1 Å². The van der Waals surface area contributed by atoms with E-state index in [1.54, 1.807) is 26.4 Å². The lowest BCUT2D eigenvalue weighted by Crippen LogP contribution is -2.03. The van der Waals surface area contributed by atoms with Crippen molar-refractivity contribution in [1.29, 1.82) is 0 Å². The third-order valence-corrected chi connectivity index (χ3v) is 2.65. The van der Waals surface area contributed by atoms with Crippen LogP contribution in [0.2, 0.25) is 0 Å². The monoisotopic (exact) mass is 249 g/mol. The van der Waals surface area contributed by atoms with Crippen LogP contribution in [0.15, 0.2) is 12.1 Å². The first-order valence-corrected chi connectivity index (χ1v) is 5.48. The SMILES string of the molecule is COc1cc2nc(N)nc(CCO)c2cc1OC. The lowest BCUT2D eigenvalue weighted by molar-refractivity contribution is 0.298. The van der Waals surface area contributed by atoms with Crippen molar-refractivity contribution in [1.82, 2.24) is 9.97 Å². The maximum atomic E-state index is 9.04. The van der Waals surface area contributed by atoms with Crippen molar-refractivity contribution in [3.05, 3.63) is 17.8 Å². The van der Waals surface area contributed by atoms with Gasteiger partial charge in [-0.1, -0.05) is 0 Å². The van der Waals surface area contributed by atoms with Gasteiger partial charge in [-0.3, -0.25) is 0 Å². The van der Waals surface area contributed by atoms with Gasteiger partial charge in [-0.2, -0.15) is 0 Å². The van der Waals surface area contributed by atoms with Crippen LogP contribution in [0.25, 0.3) is 10.9 Å². The average Bonchev–Trinajstić information content (AvgIpc) is 2.37. The summed E-state index contributed by atoms with van der Waals surface area (Å²) in [5.74, 6) is 1.36. The zero-order chi connectivity index (χ0) is 13.1. The molecule has 0 unspecified atom stereocenters. The van der Waals surface area contributed by atoms with E-state index in [-0.39, 0.29) is 12.6 Å². The summed E-state index contributed by atoms with van der Waals surface area (Å²) in [6.45, 7) is -0.000101. The molecule has 6 heteroatoms. The van der Waals surface area contributed by atoms with E-state index in [1.165, 1.54) is 0 Å². The number of nitrogens with two attached hydrogens (primary N) is 1. The molecule has 0 aliphatic heterocycles. The minimum Gasteiger partial charge on any atom is -0.493 e. The second kappa shape index (κ2) is 5.05. The third kappa shape index (κ3) is 2.14. The van der Waals surface area contributed by atoms with Gasteiger partial charge >= 0.3 is 0 Å². The molecule has 1 heterocycles. The predicted octanol–water partition coefficient (Wildman–Crippen LogP) is 0.764. The van der Waals surface area contributed by atoms with Gasteiger partial charge in [0.2, 0.25) is 5.95 Å². The van der Waals surface area contributed by atoms with Gasteiger partial charge in [0, 0.05) is 24.5 Å². The van der Waals surface area contributed by atoms with E-state index in [2.05, 4.69) is 9.97 Å². The summed E-state index contributed by atoms with van der Waals surface area (Å²) in [5, 5.41) is 9.84. The molecule has 0 saturated heterocycles. The number of nitrogens with zero attached hydrogens (tertiary/aromatic N) is 2. The topological polar surface area (TPSA) is 90.5 Å². The molecule has 0 radical (unpaired) electrons. The van der Waals surface area contributed by atoms with Crippen LogP contribution in [-0.2, 0) is 6.42 Å². The second-order valence-corrected chi connectivity index (χ2v) is 3.73. The molecule has 0 spiro atoms. The van der Waals surface area contributed by atoms with Crippen molar-refractivity contribution in [2.75, 3.05) is 26.6 Å². The molecule has 1 aromatic heterocycles. The fourth-order valence-electron chi connectivity index (χ4n) is 1.84. The van der Waals surface area contributed by atoms with Crippen LogP contribution in [0.3, 0.4) is 0 Å². The molecule has 2 rings (SSSR count). The standard InChI is InChI=1S/C12H15N3O3/c1-17-10-5-7-8(3-4-16)14-12(13)15-9(7)6-11(10)18-2/h5-6,16H,3-4H2,1-2H3,(H2,13,14,15). The first-order chi connectivity index (χ1) is 8.69. The van der Waals surface area contributed by atoms with E-state index in [4.69, 9.17) is 20.3 Å². The van der Waals surface area contributed by atoms with Crippen molar-refractivity contribution in [2.45, 2.75) is 6.42 Å². The molecule has 0 fully saturated rings. The smallest absolute Gasteiger partial charge is 0.220 e. The number of aliphatic hydroxyl groups excluding tert-OH is 1. The fraction of sp³-hybridized carbons (Fsp3) is 0.333. The number of hydrogen-bond acceptors (Lipinski definition) is 6. The first kappa shape index (κ1) is 12.4. The highest BCUT2D eigenvalue weighted by molar-refractivity contribution is 5.85. The normalized spacial score (nSPS) is 10.6. The summed E-state index contributed by atoms with van der Waals surface area (Å²) in [6, 6.07) is 3.53. The summed E-state index contributed by atoms with van der Waals surface area (Å²) in [5.41, 5.74) is 7.01. The lowest BCUT2D eigenvalue weighted by Gasteiger charge is -2.11. The predicted molar refractivity (Wildman–Crippen MR) is 67.8 cm³/mol. The molecule has 0 aliphatic rings. The van der Waals surface area contributed by atoms with E-state index in [9.17, 15) is 0 Å². The molecule has 0 saturated carbocycles. The van der Waals surface area contributed by atoms with Crippen molar-refractivity contribution in [3.63, 3.8) is 0 Å². The number of ether oxygens (including phenoxy) is 2. The quantitative estimate of drug-likeness (QED) is 0.831. The van der Waals surface area contributed by atoms with E-state index in [1.807, 2.05) is 0 Å². The second-order valence-electron chi connectivity index (χ2n) is 3.73. The van der Waals surface area contributed by atoms with Gasteiger partial charge in [0.05, 0.1) is 25.4 Å². The van der Waals surface area contributed by atoms with Gasteiger partial charge in [0.1, 0.15) is 0 Å². The Bertz CT molecular complexity index is 572. The van der Waals surface area contributed by atoms with Crippen LogP contribution in [0.5, 0.6) is 11.5 Å². The van der Waals surface area contributed by atoms with Crippen molar-refractivity contribution >= 4 is 16.9 Å². The molecular formula is C12H15N3O3. The van der Waals surface area contributed by atoms with E-state index >= 15 is 0 Å². The van der Waals surface area contributed by atoms with Crippen LogP contribution < -0.4 is 15.2 Å². The van der Waals surface area contributed by atoms with E-state index < -0.39 is 0 Å². The van der Waals surface area contributed by atoms with Crippen LogP contribution in [0, 0.1) is 0 Å². The zero-order valence-electron chi connectivity index (χ0n) is 10.3. The number of aliphatic hydroxyl groups is 1. The average molecular weight is 249 g/mol. The maximum Gasteiger partial charge on any atom is 0.220 e. The number of fused-ring (bicyclic) bond motifs is 1. The fourth-order valence-corrected chi connectivity index (χ4v) is 1.84. The van der Waals surface area contributed by atoms with Gasteiger partial charge < -0.3 is 20.3 Å². The summed E-state index contributed by atoms with van der Waals surface area (Å²) in [7, 11) is 3.12. The molecule has 3 N–H and O–H groups in total.